The summed E-state index contributed by atoms with van der Waals surface area (Å²) in [6.07, 6.45) is 0. The predicted molar refractivity (Wildman–Crippen MR) is 107 cm³/mol. The molecule has 2 aromatic carbocycles. The van der Waals surface area contributed by atoms with E-state index in [1.165, 1.54) is 16.4 Å². The van der Waals surface area contributed by atoms with E-state index in [-0.39, 0.29) is 16.5 Å². The number of piperazine rings is 1. The lowest BCUT2D eigenvalue weighted by Crippen LogP contribution is -2.48. The molecule has 1 aliphatic heterocycles. The Kier molecular flexibility index (Phi) is 4.92. The zero-order valence-corrected chi connectivity index (χ0v) is 16.2. The van der Waals surface area contributed by atoms with Crippen molar-refractivity contribution in [3.8, 4) is 5.75 Å². The van der Waals surface area contributed by atoms with Gasteiger partial charge in [-0.3, -0.25) is 4.79 Å². The minimum atomic E-state index is -3.74. The number of aromatic amines is 1. The van der Waals surface area contributed by atoms with Crippen LogP contribution in [-0.4, -0.2) is 44.5 Å². The van der Waals surface area contributed by atoms with Gasteiger partial charge in [0.1, 0.15) is 5.75 Å². The number of ether oxygens (including phenoxy) is 1. The fraction of sp³-hybridized carbons (Fsp3) is 0.250. The molecule has 1 saturated heterocycles. The molecule has 146 valence electrons. The van der Waals surface area contributed by atoms with E-state index in [1.807, 2.05) is 24.3 Å². The summed E-state index contributed by atoms with van der Waals surface area (Å²) in [6.45, 7) is 1.43. The summed E-state index contributed by atoms with van der Waals surface area (Å²) in [4.78, 5) is 14.4. The number of fused-ring (bicyclic) bond motifs is 1. The number of para-hydroxylation sites is 1. The molecule has 0 aliphatic carbocycles. The molecule has 1 aliphatic rings. The first-order valence-corrected chi connectivity index (χ1v) is 10.4. The van der Waals surface area contributed by atoms with Gasteiger partial charge in [-0.2, -0.15) is 4.31 Å². The normalized spacial score (nSPS) is 18.2. The van der Waals surface area contributed by atoms with E-state index in [4.69, 9.17) is 4.74 Å². The number of H-pyrrole nitrogens is 1. The van der Waals surface area contributed by atoms with E-state index in [0.29, 0.717) is 36.3 Å². The number of aromatic nitrogens is 1. The van der Waals surface area contributed by atoms with Crippen molar-refractivity contribution < 1.29 is 13.2 Å². The molecular formula is C20H21N3O4S. The van der Waals surface area contributed by atoms with Crippen LogP contribution in [0.25, 0.3) is 10.9 Å². The summed E-state index contributed by atoms with van der Waals surface area (Å²) in [5.41, 5.74) is 1.21. The molecule has 1 fully saturated rings. The molecule has 1 atom stereocenters. The molecular weight excluding hydrogens is 378 g/mol. The number of methoxy groups -OCH3 is 1. The Balaban J connectivity index is 1.78. The molecule has 0 radical (unpaired) electrons. The Morgan fingerprint density at radius 2 is 1.93 bits per heavy atom. The largest absolute Gasteiger partial charge is 0.496 e. The third kappa shape index (κ3) is 3.30. The van der Waals surface area contributed by atoms with Gasteiger partial charge < -0.3 is 15.0 Å². The first-order chi connectivity index (χ1) is 13.5. The first kappa shape index (κ1) is 18.7. The molecule has 0 saturated carbocycles. The SMILES string of the molecule is COc1ccccc1C1CNCCN1S(=O)(=O)c1ccc2[nH]c(=O)ccc2c1. The maximum absolute atomic E-state index is 13.5. The van der Waals surface area contributed by atoms with E-state index in [9.17, 15) is 13.2 Å². The van der Waals surface area contributed by atoms with Crippen molar-refractivity contribution in [1.29, 1.82) is 0 Å². The fourth-order valence-corrected chi connectivity index (χ4v) is 5.25. The average molecular weight is 399 g/mol. The van der Waals surface area contributed by atoms with Crippen LogP contribution in [0.2, 0.25) is 0 Å². The number of hydrogen-bond acceptors (Lipinski definition) is 5. The molecule has 4 rings (SSSR count). The van der Waals surface area contributed by atoms with Crippen LogP contribution < -0.4 is 15.6 Å². The van der Waals surface area contributed by atoms with Gasteiger partial charge in [0, 0.05) is 36.8 Å². The number of pyridine rings is 1. The van der Waals surface area contributed by atoms with Gasteiger partial charge in [0.05, 0.1) is 18.0 Å². The highest BCUT2D eigenvalue weighted by Crippen LogP contribution is 2.34. The van der Waals surface area contributed by atoms with Gasteiger partial charge in [-0.1, -0.05) is 18.2 Å². The Hall–Kier alpha value is -2.68. The minimum absolute atomic E-state index is 0.203. The second kappa shape index (κ2) is 7.38. The molecule has 8 heteroatoms. The van der Waals surface area contributed by atoms with Crippen LogP contribution in [0.1, 0.15) is 11.6 Å². The summed E-state index contributed by atoms with van der Waals surface area (Å²) in [6, 6.07) is 14.9. The van der Waals surface area contributed by atoms with Gasteiger partial charge in [0.25, 0.3) is 0 Å². The molecule has 0 spiro atoms. The van der Waals surface area contributed by atoms with E-state index in [1.54, 1.807) is 25.3 Å². The summed E-state index contributed by atoms with van der Waals surface area (Å²) >= 11 is 0. The lowest BCUT2D eigenvalue weighted by atomic mass is 10.0. The van der Waals surface area contributed by atoms with Crippen molar-refractivity contribution >= 4 is 20.9 Å². The third-order valence-corrected chi connectivity index (χ3v) is 6.90. The molecule has 3 aromatic rings. The standard InChI is InChI=1S/C20H21N3O4S/c1-27-19-5-3-2-4-16(19)18-13-21-10-11-23(18)28(25,26)15-7-8-17-14(12-15)6-9-20(24)22-17/h2-9,12,18,21H,10-11,13H2,1H3,(H,22,24). The molecule has 1 aromatic heterocycles. The van der Waals surface area contributed by atoms with Gasteiger partial charge in [0.15, 0.2) is 0 Å². The van der Waals surface area contributed by atoms with Gasteiger partial charge >= 0.3 is 0 Å². The van der Waals surface area contributed by atoms with Crippen LogP contribution in [0.5, 0.6) is 5.75 Å². The van der Waals surface area contributed by atoms with Gasteiger partial charge in [-0.25, -0.2) is 8.42 Å². The zero-order chi connectivity index (χ0) is 19.7. The van der Waals surface area contributed by atoms with Crippen molar-refractivity contribution in [3.05, 3.63) is 70.5 Å². The maximum Gasteiger partial charge on any atom is 0.248 e. The highest BCUT2D eigenvalue weighted by molar-refractivity contribution is 7.89. The predicted octanol–water partition coefficient (Wildman–Crippen LogP) is 1.87. The number of sulfonamides is 1. The van der Waals surface area contributed by atoms with Gasteiger partial charge in [-0.15, -0.1) is 0 Å². The first-order valence-electron chi connectivity index (χ1n) is 8.99. The molecule has 1 unspecified atom stereocenters. The van der Waals surface area contributed by atoms with Crippen molar-refractivity contribution in [3.63, 3.8) is 0 Å². The van der Waals surface area contributed by atoms with Crippen LogP contribution in [0.15, 0.2) is 64.3 Å². The summed E-state index contributed by atoms with van der Waals surface area (Å²) in [7, 11) is -2.16. The van der Waals surface area contributed by atoms with Gasteiger partial charge in [0.2, 0.25) is 15.6 Å². The van der Waals surface area contributed by atoms with Gasteiger partial charge in [-0.05, 0) is 35.7 Å². The Morgan fingerprint density at radius 3 is 2.75 bits per heavy atom. The van der Waals surface area contributed by atoms with Crippen molar-refractivity contribution in [2.45, 2.75) is 10.9 Å². The van der Waals surface area contributed by atoms with Crippen LogP contribution in [0.3, 0.4) is 0 Å². The summed E-state index contributed by atoms with van der Waals surface area (Å²) in [5.74, 6) is 0.660. The molecule has 2 heterocycles. The third-order valence-electron chi connectivity index (χ3n) is 4.99. The molecule has 2 N–H and O–H groups in total. The topological polar surface area (TPSA) is 91.5 Å². The Morgan fingerprint density at radius 1 is 1.11 bits per heavy atom. The molecule has 0 amide bonds. The van der Waals surface area contributed by atoms with Crippen LogP contribution in [0, 0.1) is 0 Å². The highest BCUT2D eigenvalue weighted by atomic mass is 32.2. The Labute approximate surface area is 163 Å². The van der Waals surface area contributed by atoms with Crippen molar-refractivity contribution in [1.82, 2.24) is 14.6 Å². The van der Waals surface area contributed by atoms with Crippen molar-refractivity contribution in [2.75, 3.05) is 26.7 Å². The second-order valence-corrected chi connectivity index (χ2v) is 8.54. The number of benzene rings is 2. The van der Waals surface area contributed by atoms with Crippen LogP contribution in [-0.2, 0) is 10.0 Å². The molecule has 28 heavy (non-hydrogen) atoms. The summed E-state index contributed by atoms with van der Waals surface area (Å²) in [5, 5.41) is 3.94. The fourth-order valence-electron chi connectivity index (χ4n) is 3.61. The number of rotatable bonds is 4. The lowest BCUT2D eigenvalue weighted by Gasteiger charge is -2.36. The zero-order valence-electron chi connectivity index (χ0n) is 15.4. The second-order valence-electron chi connectivity index (χ2n) is 6.65. The van der Waals surface area contributed by atoms with E-state index >= 15 is 0 Å². The Bertz CT molecular complexity index is 1170. The lowest BCUT2D eigenvalue weighted by molar-refractivity contribution is 0.264. The van der Waals surface area contributed by atoms with Crippen LogP contribution >= 0.6 is 0 Å². The molecule has 7 nitrogen and oxygen atoms in total. The number of hydrogen-bond donors (Lipinski definition) is 2. The maximum atomic E-state index is 13.5. The number of nitrogens with one attached hydrogen (secondary N) is 2. The minimum Gasteiger partial charge on any atom is -0.496 e. The monoisotopic (exact) mass is 399 g/mol. The average Bonchev–Trinajstić information content (AvgIpc) is 2.73. The quantitative estimate of drug-likeness (QED) is 0.699. The van der Waals surface area contributed by atoms with Crippen molar-refractivity contribution in [2.24, 2.45) is 0 Å². The van der Waals surface area contributed by atoms with Crippen LogP contribution in [0.4, 0.5) is 0 Å². The summed E-state index contributed by atoms with van der Waals surface area (Å²) < 4.78 is 33.9. The smallest absolute Gasteiger partial charge is 0.248 e. The van der Waals surface area contributed by atoms with E-state index in [0.717, 1.165) is 5.56 Å². The number of nitrogens with zero attached hydrogens (tertiary/aromatic N) is 1. The van der Waals surface area contributed by atoms with E-state index in [2.05, 4.69) is 10.3 Å². The van der Waals surface area contributed by atoms with E-state index < -0.39 is 10.0 Å². The molecule has 0 bridgehead atoms. The highest BCUT2D eigenvalue weighted by Gasteiger charge is 2.35.